The lowest BCUT2D eigenvalue weighted by atomic mass is 10.2. The van der Waals surface area contributed by atoms with Crippen molar-refractivity contribution in [2.75, 3.05) is 19.1 Å². The predicted octanol–water partition coefficient (Wildman–Crippen LogP) is 3.40. The molecule has 0 aliphatic carbocycles. The van der Waals surface area contributed by atoms with E-state index in [4.69, 9.17) is 14.6 Å². The number of anilines is 1. The first-order chi connectivity index (χ1) is 11.6. The standard InChI is InChI=1S/C18H18N2O4/c1-3-9-24-16-8-7-13(10-17(16)23-2)12-19-20-15-6-4-5-14(11-15)18(21)22/h3-8,10-12,20H,1,9H2,2H3,(H,21,22)/b19-12+. The summed E-state index contributed by atoms with van der Waals surface area (Å²) in [6.07, 6.45) is 3.26. The number of carboxylic acids is 1. The molecule has 2 aromatic carbocycles. The zero-order valence-corrected chi connectivity index (χ0v) is 13.2. The van der Waals surface area contributed by atoms with Crippen molar-refractivity contribution in [3.8, 4) is 11.5 Å². The fourth-order valence-corrected chi connectivity index (χ4v) is 1.94. The molecule has 0 aromatic heterocycles. The average molecular weight is 326 g/mol. The molecule has 0 amide bonds. The van der Waals surface area contributed by atoms with Crippen molar-refractivity contribution in [2.24, 2.45) is 5.10 Å². The molecule has 0 aliphatic rings. The topological polar surface area (TPSA) is 80.2 Å². The van der Waals surface area contributed by atoms with Crippen molar-refractivity contribution in [2.45, 2.75) is 0 Å². The molecule has 2 aromatic rings. The second-order valence-corrected chi connectivity index (χ2v) is 4.77. The van der Waals surface area contributed by atoms with Gasteiger partial charge in [0.25, 0.3) is 0 Å². The van der Waals surface area contributed by atoms with Gasteiger partial charge in [-0.05, 0) is 42.0 Å². The van der Waals surface area contributed by atoms with Crippen LogP contribution in [0, 0.1) is 0 Å². The molecule has 2 rings (SSSR count). The maximum absolute atomic E-state index is 10.9. The lowest BCUT2D eigenvalue weighted by molar-refractivity contribution is 0.0697. The number of hydrogen-bond acceptors (Lipinski definition) is 5. The summed E-state index contributed by atoms with van der Waals surface area (Å²) in [4.78, 5) is 10.9. The van der Waals surface area contributed by atoms with Crippen molar-refractivity contribution >= 4 is 17.9 Å². The fourth-order valence-electron chi connectivity index (χ4n) is 1.94. The van der Waals surface area contributed by atoms with Gasteiger partial charge >= 0.3 is 5.97 Å². The van der Waals surface area contributed by atoms with E-state index in [0.29, 0.717) is 23.8 Å². The highest BCUT2D eigenvalue weighted by atomic mass is 16.5. The first-order valence-corrected chi connectivity index (χ1v) is 7.18. The number of nitrogens with one attached hydrogen (secondary N) is 1. The van der Waals surface area contributed by atoms with Gasteiger partial charge in [0.15, 0.2) is 11.5 Å². The van der Waals surface area contributed by atoms with Gasteiger partial charge in [-0.3, -0.25) is 5.43 Å². The number of benzene rings is 2. The van der Waals surface area contributed by atoms with Gasteiger partial charge in [-0.25, -0.2) is 4.79 Å². The summed E-state index contributed by atoms with van der Waals surface area (Å²) >= 11 is 0. The molecular formula is C18H18N2O4. The number of nitrogens with zero attached hydrogens (tertiary/aromatic N) is 1. The summed E-state index contributed by atoms with van der Waals surface area (Å²) in [5, 5.41) is 13.1. The van der Waals surface area contributed by atoms with Gasteiger partial charge in [-0.1, -0.05) is 18.7 Å². The SMILES string of the molecule is C=CCOc1ccc(/C=N/Nc2cccc(C(=O)O)c2)cc1OC. The van der Waals surface area contributed by atoms with E-state index < -0.39 is 5.97 Å². The third-order valence-electron chi connectivity index (χ3n) is 3.06. The molecule has 6 nitrogen and oxygen atoms in total. The highest BCUT2D eigenvalue weighted by Crippen LogP contribution is 2.27. The van der Waals surface area contributed by atoms with E-state index in [1.807, 2.05) is 6.07 Å². The minimum Gasteiger partial charge on any atom is -0.493 e. The predicted molar refractivity (Wildman–Crippen MR) is 93.3 cm³/mol. The smallest absolute Gasteiger partial charge is 0.335 e. The molecule has 6 heteroatoms. The number of aromatic carboxylic acids is 1. The monoisotopic (exact) mass is 326 g/mol. The second-order valence-electron chi connectivity index (χ2n) is 4.77. The Bertz CT molecular complexity index is 756. The Labute approximate surface area is 140 Å². The van der Waals surface area contributed by atoms with Gasteiger partial charge < -0.3 is 14.6 Å². The summed E-state index contributed by atoms with van der Waals surface area (Å²) in [7, 11) is 1.56. The molecule has 124 valence electrons. The van der Waals surface area contributed by atoms with Crippen LogP contribution in [-0.4, -0.2) is 31.0 Å². The first-order valence-electron chi connectivity index (χ1n) is 7.18. The van der Waals surface area contributed by atoms with Crippen molar-refractivity contribution in [3.05, 3.63) is 66.2 Å². The first kappa shape index (κ1) is 17.1. The summed E-state index contributed by atoms with van der Waals surface area (Å²) in [5.41, 5.74) is 4.38. The number of hydrazone groups is 1. The van der Waals surface area contributed by atoms with Crippen LogP contribution in [0.4, 0.5) is 5.69 Å². The summed E-state index contributed by atoms with van der Waals surface area (Å²) in [5.74, 6) is 0.229. The van der Waals surface area contributed by atoms with E-state index in [1.54, 1.807) is 43.7 Å². The lowest BCUT2D eigenvalue weighted by Gasteiger charge is -2.09. The molecule has 0 unspecified atom stereocenters. The molecule has 0 radical (unpaired) electrons. The van der Waals surface area contributed by atoms with Crippen LogP contribution in [0.25, 0.3) is 0 Å². The molecule has 0 bridgehead atoms. The Morgan fingerprint density at radius 2 is 2.12 bits per heavy atom. The number of ether oxygens (including phenoxy) is 2. The average Bonchev–Trinajstić information content (AvgIpc) is 2.60. The fraction of sp³-hybridized carbons (Fsp3) is 0.111. The minimum atomic E-state index is -0.984. The van der Waals surface area contributed by atoms with E-state index in [2.05, 4.69) is 17.1 Å². The molecule has 0 spiro atoms. The molecular weight excluding hydrogens is 308 g/mol. The highest BCUT2D eigenvalue weighted by Gasteiger charge is 2.05. The molecule has 0 fully saturated rings. The van der Waals surface area contributed by atoms with Crippen LogP contribution in [0.3, 0.4) is 0 Å². The molecule has 0 heterocycles. The molecule has 24 heavy (non-hydrogen) atoms. The van der Waals surface area contributed by atoms with Crippen molar-refractivity contribution in [1.29, 1.82) is 0 Å². The molecule has 0 saturated carbocycles. The molecule has 2 N–H and O–H groups in total. The van der Waals surface area contributed by atoms with Gasteiger partial charge in [0.2, 0.25) is 0 Å². The van der Waals surface area contributed by atoms with Crippen LogP contribution in [-0.2, 0) is 0 Å². The Morgan fingerprint density at radius 3 is 2.83 bits per heavy atom. The molecule has 0 saturated heterocycles. The van der Waals surface area contributed by atoms with Gasteiger partial charge in [-0.15, -0.1) is 0 Å². The van der Waals surface area contributed by atoms with Crippen LogP contribution in [0.15, 0.2) is 60.2 Å². The van der Waals surface area contributed by atoms with E-state index in [1.165, 1.54) is 12.1 Å². The second kappa shape index (κ2) is 8.38. The number of carboxylic acid groups (broad SMARTS) is 1. The number of hydrogen-bond donors (Lipinski definition) is 2. The van der Waals surface area contributed by atoms with E-state index in [9.17, 15) is 4.79 Å². The van der Waals surface area contributed by atoms with Crippen LogP contribution in [0.5, 0.6) is 11.5 Å². The van der Waals surface area contributed by atoms with Crippen LogP contribution >= 0.6 is 0 Å². The number of methoxy groups -OCH3 is 1. The summed E-state index contributed by atoms with van der Waals surface area (Å²) in [6.45, 7) is 4.00. The van der Waals surface area contributed by atoms with Crippen molar-refractivity contribution < 1.29 is 19.4 Å². The third-order valence-corrected chi connectivity index (χ3v) is 3.06. The zero-order valence-electron chi connectivity index (χ0n) is 13.2. The van der Waals surface area contributed by atoms with Gasteiger partial charge in [0, 0.05) is 0 Å². The Hall–Kier alpha value is -3.28. The van der Waals surface area contributed by atoms with Gasteiger partial charge in [0.1, 0.15) is 6.61 Å². The van der Waals surface area contributed by atoms with Gasteiger partial charge in [0.05, 0.1) is 24.6 Å². The van der Waals surface area contributed by atoms with Crippen LogP contribution in [0.2, 0.25) is 0 Å². The number of rotatable bonds is 8. The van der Waals surface area contributed by atoms with E-state index >= 15 is 0 Å². The van der Waals surface area contributed by atoms with Crippen LogP contribution < -0.4 is 14.9 Å². The Kier molecular flexibility index (Phi) is 5.96. The van der Waals surface area contributed by atoms with Crippen molar-refractivity contribution in [3.63, 3.8) is 0 Å². The Balaban J connectivity index is 2.07. The number of carbonyl (C=O) groups is 1. The molecule has 0 atom stereocenters. The maximum Gasteiger partial charge on any atom is 0.335 e. The summed E-state index contributed by atoms with van der Waals surface area (Å²) < 4.78 is 10.8. The highest BCUT2D eigenvalue weighted by molar-refractivity contribution is 5.89. The normalized spacial score (nSPS) is 10.4. The summed E-state index contributed by atoms with van der Waals surface area (Å²) in [6, 6.07) is 11.8. The Morgan fingerprint density at radius 1 is 1.29 bits per heavy atom. The molecule has 0 aliphatic heterocycles. The van der Waals surface area contributed by atoms with Gasteiger partial charge in [-0.2, -0.15) is 5.10 Å². The van der Waals surface area contributed by atoms with Crippen LogP contribution in [0.1, 0.15) is 15.9 Å². The third kappa shape index (κ3) is 4.61. The van der Waals surface area contributed by atoms with Crippen molar-refractivity contribution in [1.82, 2.24) is 0 Å². The quantitative estimate of drug-likeness (QED) is 0.441. The largest absolute Gasteiger partial charge is 0.493 e. The lowest BCUT2D eigenvalue weighted by Crippen LogP contribution is -1.98. The minimum absolute atomic E-state index is 0.195. The van der Waals surface area contributed by atoms with E-state index in [0.717, 1.165) is 5.56 Å². The zero-order chi connectivity index (χ0) is 17.4. The van der Waals surface area contributed by atoms with E-state index in [-0.39, 0.29) is 5.56 Å². The maximum atomic E-state index is 10.9.